The molecule has 1 saturated carbocycles. The molecule has 0 spiro atoms. The number of rotatable bonds is 4. The van der Waals surface area contributed by atoms with Crippen molar-refractivity contribution in [1.29, 1.82) is 0 Å². The number of nitrogens with one attached hydrogen (secondary N) is 1. The van der Waals surface area contributed by atoms with Crippen molar-refractivity contribution in [3.8, 4) is 0 Å². The number of carbonyl (C=O) groups is 1. The first-order valence-corrected chi connectivity index (χ1v) is 6.82. The average molecular weight is 245 g/mol. The standard InChI is InChI=1S/C15H19NO2/c17-15-13(9-10-18-15)16-14(12-7-4-8-12)11-5-2-1-3-6-11/h1-3,5-6,12-14,16H,4,7-10H2/t13-,14-/m1/s1. The maximum Gasteiger partial charge on any atom is 0.323 e. The molecule has 3 rings (SSSR count). The van der Waals surface area contributed by atoms with Gasteiger partial charge in [-0.25, -0.2) is 0 Å². The smallest absolute Gasteiger partial charge is 0.323 e. The van der Waals surface area contributed by atoms with Crippen LogP contribution in [0.3, 0.4) is 0 Å². The molecule has 2 atom stereocenters. The fourth-order valence-electron chi connectivity index (χ4n) is 2.80. The third-order valence-electron chi connectivity index (χ3n) is 4.10. The van der Waals surface area contributed by atoms with Gasteiger partial charge in [-0.15, -0.1) is 0 Å². The highest BCUT2D eigenvalue weighted by Crippen LogP contribution is 2.38. The van der Waals surface area contributed by atoms with Crippen LogP contribution in [-0.4, -0.2) is 18.6 Å². The minimum Gasteiger partial charge on any atom is -0.464 e. The van der Waals surface area contributed by atoms with Gasteiger partial charge in [0.1, 0.15) is 6.04 Å². The molecule has 18 heavy (non-hydrogen) atoms. The van der Waals surface area contributed by atoms with E-state index in [1.165, 1.54) is 24.8 Å². The van der Waals surface area contributed by atoms with Crippen LogP contribution in [0, 0.1) is 5.92 Å². The van der Waals surface area contributed by atoms with Gasteiger partial charge in [0, 0.05) is 12.5 Å². The van der Waals surface area contributed by atoms with Crippen LogP contribution in [0.2, 0.25) is 0 Å². The Balaban J connectivity index is 1.75. The first-order chi connectivity index (χ1) is 8.84. The van der Waals surface area contributed by atoms with Gasteiger partial charge in [0.25, 0.3) is 0 Å². The molecule has 3 nitrogen and oxygen atoms in total. The molecule has 2 fully saturated rings. The van der Waals surface area contributed by atoms with Crippen LogP contribution < -0.4 is 5.32 Å². The van der Waals surface area contributed by atoms with E-state index in [4.69, 9.17) is 4.74 Å². The van der Waals surface area contributed by atoms with Gasteiger partial charge in [-0.05, 0) is 24.3 Å². The first-order valence-electron chi connectivity index (χ1n) is 6.82. The molecule has 0 amide bonds. The summed E-state index contributed by atoms with van der Waals surface area (Å²) in [4.78, 5) is 11.6. The molecule has 1 aliphatic heterocycles. The van der Waals surface area contributed by atoms with E-state index >= 15 is 0 Å². The summed E-state index contributed by atoms with van der Waals surface area (Å²) in [5.74, 6) is 0.580. The number of ether oxygens (including phenoxy) is 1. The van der Waals surface area contributed by atoms with Gasteiger partial charge < -0.3 is 4.74 Å². The molecule has 1 N–H and O–H groups in total. The molecule has 1 aliphatic carbocycles. The molecule has 0 bridgehead atoms. The monoisotopic (exact) mass is 245 g/mol. The van der Waals surface area contributed by atoms with E-state index in [0.29, 0.717) is 18.6 Å². The van der Waals surface area contributed by atoms with Crippen LogP contribution in [0.4, 0.5) is 0 Å². The van der Waals surface area contributed by atoms with Gasteiger partial charge in [-0.3, -0.25) is 10.1 Å². The Bertz CT molecular complexity index is 414. The van der Waals surface area contributed by atoms with Crippen molar-refractivity contribution in [3.63, 3.8) is 0 Å². The van der Waals surface area contributed by atoms with Crippen molar-refractivity contribution in [1.82, 2.24) is 5.32 Å². The Kier molecular flexibility index (Phi) is 3.33. The summed E-state index contributed by atoms with van der Waals surface area (Å²) >= 11 is 0. The Morgan fingerprint density at radius 2 is 1.94 bits per heavy atom. The highest BCUT2D eigenvalue weighted by Gasteiger charge is 2.34. The molecule has 0 unspecified atom stereocenters. The number of benzene rings is 1. The van der Waals surface area contributed by atoms with Crippen molar-refractivity contribution in [2.24, 2.45) is 5.92 Å². The number of cyclic esters (lactones) is 1. The largest absolute Gasteiger partial charge is 0.464 e. The molecule has 1 aromatic rings. The summed E-state index contributed by atoms with van der Waals surface area (Å²) < 4.78 is 5.03. The van der Waals surface area contributed by atoms with Gasteiger partial charge in [0.2, 0.25) is 0 Å². The van der Waals surface area contributed by atoms with Crippen LogP contribution in [0.1, 0.15) is 37.3 Å². The molecule has 3 heteroatoms. The lowest BCUT2D eigenvalue weighted by Gasteiger charge is -2.35. The summed E-state index contributed by atoms with van der Waals surface area (Å²) in [6, 6.07) is 10.6. The van der Waals surface area contributed by atoms with E-state index in [2.05, 4.69) is 29.6 Å². The summed E-state index contributed by atoms with van der Waals surface area (Å²) in [6.07, 6.45) is 4.63. The van der Waals surface area contributed by atoms with Crippen molar-refractivity contribution >= 4 is 5.97 Å². The molecule has 0 radical (unpaired) electrons. The summed E-state index contributed by atoms with van der Waals surface area (Å²) in [7, 11) is 0. The summed E-state index contributed by atoms with van der Waals surface area (Å²) in [5, 5.41) is 3.51. The van der Waals surface area contributed by atoms with Crippen LogP contribution in [0.5, 0.6) is 0 Å². The van der Waals surface area contributed by atoms with Crippen molar-refractivity contribution < 1.29 is 9.53 Å². The van der Waals surface area contributed by atoms with Crippen LogP contribution in [0.25, 0.3) is 0 Å². The molecule has 1 saturated heterocycles. The Morgan fingerprint density at radius 3 is 2.50 bits per heavy atom. The zero-order valence-corrected chi connectivity index (χ0v) is 10.5. The Morgan fingerprint density at radius 1 is 1.17 bits per heavy atom. The van der Waals surface area contributed by atoms with Crippen LogP contribution >= 0.6 is 0 Å². The van der Waals surface area contributed by atoms with Crippen molar-refractivity contribution in [2.45, 2.75) is 37.8 Å². The van der Waals surface area contributed by atoms with E-state index in [1.54, 1.807) is 0 Å². The van der Waals surface area contributed by atoms with E-state index < -0.39 is 0 Å². The van der Waals surface area contributed by atoms with E-state index in [1.807, 2.05) is 6.07 Å². The second kappa shape index (κ2) is 5.11. The predicted molar refractivity (Wildman–Crippen MR) is 69.0 cm³/mol. The predicted octanol–water partition coefficient (Wildman–Crippen LogP) is 2.43. The number of hydrogen-bond donors (Lipinski definition) is 1. The van der Waals surface area contributed by atoms with E-state index in [-0.39, 0.29) is 12.0 Å². The van der Waals surface area contributed by atoms with Gasteiger partial charge in [-0.1, -0.05) is 36.8 Å². The second-order valence-corrected chi connectivity index (χ2v) is 5.25. The third kappa shape index (κ3) is 2.27. The zero-order chi connectivity index (χ0) is 12.4. The van der Waals surface area contributed by atoms with Gasteiger partial charge >= 0.3 is 5.97 Å². The maximum atomic E-state index is 11.6. The van der Waals surface area contributed by atoms with E-state index in [9.17, 15) is 4.79 Å². The molecular formula is C15H19NO2. The fraction of sp³-hybridized carbons (Fsp3) is 0.533. The lowest BCUT2D eigenvalue weighted by Crippen LogP contribution is -2.41. The lowest BCUT2D eigenvalue weighted by atomic mass is 9.77. The second-order valence-electron chi connectivity index (χ2n) is 5.25. The topological polar surface area (TPSA) is 38.3 Å². The van der Waals surface area contributed by atoms with Gasteiger partial charge in [0.05, 0.1) is 6.61 Å². The molecule has 1 heterocycles. The Hall–Kier alpha value is -1.35. The zero-order valence-electron chi connectivity index (χ0n) is 10.5. The molecule has 96 valence electrons. The first kappa shape index (κ1) is 11.7. The highest BCUT2D eigenvalue weighted by molar-refractivity contribution is 5.77. The fourth-order valence-corrected chi connectivity index (χ4v) is 2.80. The van der Waals surface area contributed by atoms with Crippen molar-refractivity contribution in [2.75, 3.05) is 6.61 Å². The lowest BCUT2D eigenvalue weighted by molar-refractivity contribution is -0.140. The maximum absolute atomic E-state index is 11.6. The minimum atomic E-state index is -0.115. The highest BCUT2D eigenvalue weighted by atomic mass is 16.5. The normalized spacial score (nSPS) is 25.6. The minimum absolute atomic E-state index is 0.0877. The number of carbonyl (C=O) groups excluding carboxylic acids is 1. The summed E-state index contributed by atoms with van der Waals surface area (Å²) in [5.41, 5.74) is 1.29. The Labute approximate surface area is 108 Å². The number of hydrogen-bond acceptors (Lipinski definition) is 3. The molecular weight excluding hydrogens is 226 g/mol. The average Bonchev–Trinajstić information content (AvgIpc) is 2.73. The molecule has 0 aromatic heterocycles. The number of esters is 1. The van der Waals surface area contributed by atoms with Crippen molar-refractivity contribution in [3.05, 3.63) is 35.9 Å². The van der Waals surface area contributed by atoms with Crippen LogP contribution in [-0.2, 0) is 9.53 Å². The molecule has 1 aromatic carbocycles. The third-order valence-corrected chi connectivity index (χ3v) is 4.10. The van der Waals surface area contributed by atoms with Gasteiger partial charge in [0.15, 0.2) is 0 Å². The SMILES string of the molecule is O=C1OCC[C@H]1N[C@H](c1ccccc1)C1CCC1. The van der Waals surface area contributed by atoms with Gasteiger partial charge in [-0.2, -0.15) is 0 Å². The summed E-state index contributed by atoms with van der Waals surface area (Å²) in [6.45, 7) is 0.558. The van der Waals surface area contributed by atoms with Crippen LogP contribution in [0.15, 0.2) is 30.3 Å². The molecule has 2 aliphatic rings. The quantitative estimate of drug-likeness (QED) is 0.828. The van der Waals surface area contributed by atoms with E-state index in [0.717, 1.165) is 6.42 Å².